The summed E-state index contributed by atoms with van der Waals surface area (Å²) in [5.41, 5.74) is 8.21. The lowest BCUT2D eigenvalue weighted by Crippen LogP contribution is -2.20. The molecule has 2 aromatic heterocycles. The Hall–Kier alpha value is -2.06. The topological polar surface area (TPSA) is 81.1 Å². The van der Waals surface area contributed by atoms with Crippen LogP contribution in [0.25, 0.3) is 11.3 Å². The number of nitrogens with zero attached hydrogens (tertiary/aromatic N) is 2. The lowest BCUT2D eigenvalue weighted by molar-refractivity contribution is 0.0966. The number of Topliss-reactive ketones (excluding diaryl/α,β-unsaturated/α-hetero) is 1. The van der Waals surface area contributed by atoms with Crippen LogP contribution in [0, 0.1) is 11.7 Å². The van der Waals surface area contributed by atoms with E-state index in [1.54, 1.807) is 23.0 Å². The van der Waals surface area contributed by atoms with Gasteiger partial charge < -0.3 is 10.8 Å². The van der Waals surface area contributed by atoms with Crippen molar-refractivity contribution in [2.45, 2.75) is 31.9 Å². The Bertz CT molecular complexity index is 1050. The predicted molar refractivity (Wildman–Crippen MR) is 112 cm³/mol. The van der Waals surface area contributed by atoms with Gasteiger partial charge in [0.05, 0.1) is 27.9 Å². The maximum absolute atomic E-state index is 13.4. The van der Waals surface area contributed by atoms with Gasteiger partial charge in [0.15, 0.2) is 5.78 Å². The number of aryl methyl sites for hydroxylation is 1. The molecule has 0 fully saturated rings. The standard InChI is InChI=1S/C21H21ClFN3O2S/c22-16-11-25-26-5-4-17(27)21-15(20(16)26)9-19(29-21)18(28)8-13(10-24)6-12-2-1-3-14(23)7-12/h1-3,7,9,11,13,17,27H,4-6,8,10,24H2. The molecule has 8 heteroatoms. The highest BCUT2D eigenvalue weighted by atomic mass is 35.5. The van der Waals surface area contributed by atoms with Gasteiger partial charge in [0, 0.05) is 23.4 Å². The van der Waals surface area contributed by atoms with Crippen LogP contribution in [0.3, 0.4) is 0 Å². The molecule has 0 amide bonds. The molecule has 1 aromatic carbocycles. The van der Waals surface area contributed by atoms with Crippen LogP contribution in [0.4, 0.5) is 4.39 Å². The first-order chi connectivity index (χ1) is 14.0. The largest absolute Gasteiger partial charge is 0.387 e. The molecular weight excluding hydrogens is 413 g/mol. The van der Waals surface area contributed by atoms with Crippen molar-refractivity contribution in [1.82, 2.24) is 9.78 Å². The van der Waals surface area contributed by atoms with E-state index in [4.69, 9.17) is 17.3 Å². The quantitative estimate of drug-likeness (QED) is 0.570. The third-order valence-electron chi connectivity index (χ3n) is 5.22. The SMILES string of the molecule is NCC(CC(=O)c1cc2c(s1)C(O)CCn1ncc(Cl)c1-2)Cc1cccc(F)c1. The summed E-state index contributed by atoms with van der Waals surface area (Å²) in [6.45, 7) is 0.894. The summed E-state index contributed by atoms with van der Waals surface area (Å²) in [6, 6.07) is 8.16. The Morgan fingerprint density at radius 1 is 1.45 bits per heavy atom. The van der Waals surface area contributed by atoms with Crippen molar-refractivity contribution in [3.8, 4) is 11.3 Å². The van der Waals surface area contributed by atoms with Gasteiger partial charge in [-0.1, -0.05) is 23.7 Å². The van der Waals surface area contributed by atoms with Crippen LogP contribution in [0.2, 0.25) is 5.02 Å². The van der Waals surface area contributed by atoms with Gasteiger partial charge in [-0.15, -0.1) is 11.3 Å². The first-order valence-corrected chi connectivity index (χ1v) is 10.7. The average molecular weight is 434 g/mol. The van der Waals surface area contributed by atoms with Crippen LogP contribution in [0.1, 0.15) is 39.1 Å². The van der Waals surface area contributed by atoms with Crippen LogP contribution in [-0.2, 0) is 13.0 Å². The van der Waals surface area contributed by atoms with Gasteiger partial charge in [-0.3, -0.25) is 9.48 Å². The average Bonchev–Trinajstić information content (AvgIpc) is 3.26. The molecule has 4 rings (SSSR count). The van der Waals surface area contributed by atoms with Crippen molar-refractivity contribution >= 4 is 28.7 Å². The fourth-order valence-electron chi connectivity index (χ4n) is 3.75. The van der Waals surface area contributed by atoms with E-state index >= 15 is 0 Å². The maximum Gasteiger partial charge on any atom is 0.173 e. The summed E-state index contributed by atoms with van der Waals surface area (Å²) in [5.74, 6) is -0.427. The molecule has 0 saturated carbocycles. The second kappa shape index (κ2) is 8.36. The number of thiophene rings is 1. The summed E-state index contributed by atoms with van der Waals surface area (Å²) in [6.07, 6.45) is 2.23. The fraction of sp³-hybridized carbons (Fsp3) is 0.333. The van der Waals surface area contributed by atoms with Crippen LogP contribution >= 0.6 is 22.9 Å². The van der Waals surface area contributed by atoms with Crippen LogP contribution in [0.15, 0.2) is 36.5 Å². The summed E-state index contributed by atoms with van der Waals surface area (Å²) >= 11 is 7.61. The molecule has 1 aliphatic heterocycles. The summed E-state index contributed by atoms with van der Waals surface area (Å²) in [5, 5.41) is 15.3. The minimum atomic E-state index is -0.660. The molecule has 5 nitrogen and oxygen atoms in total. The molecule has 3 heterocycles. The van der Waals surface area contributed by atoms with Crippen molar-refractivity contribution in [2.24, 2.45) is 11.7 Å². The van der Waals surface area contributed by atoms with Crippen molar-refractivity contribution < 1.29 is 14.3 Å². The minimum Gasteiger partial charge on any atom is -0.387 e. The molecule has 3 aromatic rings. The number of hydrogen-bond acceptors (Lipinski definition) is 5. The lowest BCUT2D eigenvalue weighted by Gasteiger charge is -2.13. The number of carbonyl (C=O) groups excluding carboxylic acids is 1. The monoisotopic (exact) mass is 433 g/mol. The number of hydrogen-bond donors (Lipinski definition) is 2. The lowest BCUT2D eigenvalue weighted by atomic mass is 9.93. The molecule has 29 heavy (non-hydrogen) atoms. The van der Waals surface area contributed by atoms with Crippen molar-refractivity contribution in [3.63, 3.8) is 0 Å². The van der Waals surface area contributed by atoms with Crippen LogP contribution in [0.5, 0.6) is 0 Å². The zero-order chi connectivity index (χ0) is 20.5. The number of aliphatic hydroxyl groups is 1. The van der Waals surface area contributed by atoms with Gasteiger partial charge in [-0.25, -0.2) is 4.39 Å². The molecule has 0 radical (unpaired) electrons. The van der Waals surface area contributed by atoms with E-state index in [0.29, 0.717) is 35.8 Å². The van der Waals surface area contributed by atoms with Gasteiger partial charge in [0.2, 0.25) is 0 Å². The molecule has 0 spiro atoms. The van der Waals surface area contributed by atoms with Crippen molar-refractivity contribution in [1.29, 1.82) is 0 Å². The van der Waals surface area contributed by atoms with Gasteiger partial charge >= 0.3 is 0 Å². The molecule has 1 aliphatic rings. The van der Waals surface area contributed by atoms with E-state index in [2.05, 4.69) is 5.10 Å². The molecule has 2 atom stereocenters. The number of ketones is 1. The summed E-state index contributed by atoms with van der Waals surface area (Å²) < 4.78 is 15.2. The smallest absolute Gasteiger partial charge is 0.173 e. The van der Waals surface area contributed by atoms with E-state index < -0.39 is 6.10 Å². The Labute approximate surface area is 176 Å². The third-order valence-corrected chi connectivity index (χ3v) is 6.78. The van der Waals surface area contributed by atoms with E-state index in [0.717, 1.165) is 21.7 Å². The number of aromatic nitrogens is 2. The van der Waals surface area contributed by atoms with Gasteiger partial charge in [0.25, 0.3) is 0 Å². The van der Waals surface area contributed by atoms with E-state index in [1.165, 1.54) is 23.5 Å². The molecule has 2 unspecified atom stereocenters. The zero-order valence-corrected chi connectivity index (χ0v) is 17.2. The molecule has 0 bridgehead atoms. The Morgan fingerprint density at radius 2 is 2.28 bits per heavy atom. The first-order valence-electron chi connectivity index (χ1n) is 9.47. The predicted octanol–water partition coefficient (Wildman–Crippen LogP) is 4.23. The molecular formula is C21H21ClFN3O2S. The fourth-order valence-corrected chi connectivity index (χ4v) is 5.12. The Balaban J connectivity index is 1.57. The molecule has 3 N–H and O–H groups in total. The van der Waals surface area contributed by atoms with Gasteiger partial charge in [0.1, 0.15) is 5.82 Å². The highest BCUT2D eigenvalue weighted by Gasteiger charge is 2.28. The minimum absolute atomic E-state index is 0.0377. The maximum atomic E-state index is 13.4. The second-order valence-corrected chi connectivity index (χ2v) is 8.81. The molecule has 0 aliphatic carbocycles. The highest BCUT2D eigenvalue weighted by Crippen LogP contribution is 2.42. The van der Waals surface area contributed by atoms with Gasteiger partial charge in [-0.05, 0) is 49.1 Å². The number of fused-ring (bicyclic) bond motifs is 3. The zero-order valence-electron chi connectivity index (χ0n) is 15.6. The number of nitrogens with two attached hydrogens (primary N) is 1. The first kappa shape index (κ1) is 20.2. The number of carbonyl (C=O) groups is 1. The number of aliphatic hydroxyl groups excluding tert-OH is 1. The van der Waals surface area contributed by atoms with E-state index in [1.807, 2.05) is 6.07 Å². The number of benzene rings is 1. The summed E-state index contributed by atoms with van der Waals surface area (Å²) in [7, 11) is 0. The second-order valence-electron chi connectivity index (χ2n) is 7.32. The highest BCUT2D eigenvalue weighted by molar-refractivity contribution is 7.14. The van der Waals surface area contributed by atoms with Gasteiger partial charge in [-0.2, -0.15) is 5.10 Å². The van der Waals surface area contributed by atoms with Crippen LogP contribution in [-0.4, -0.2) is 27.2 Å². The van der Waals surface area contributed by atoms with E-state index in [9.17, 15) is 14.3 Å². The number of halogens is 2. The Kier molecular flexibility index (Phi) is 5.83. The molecule has 0 saturated heterocycles. The van der Waals surface area contributed by atoms with E-state index in [-0.39, 0.29) is 23.9 Å². The normalized spacial score (nSPS) is 16.8. The Morgan fingerprint density at radius 3 is 3.03 bits per heavy atom. The van der Waals surface area contributed by atoms with Crippen molar-refractivity contribution in [2.75, 3.05) is 6.54 Å². The molecule has 152 valence electrons. The number of rotatable bonds is 6. The van der Waals surface area contributed by atoms with Crippen molar-refractivity contribution in [3.05, 3.63) is 62.7 Å². The summed E-state index contributed by atoms with van der Waals surface area (Å²) in [4.78, 5) is 14.3. The third kappa shape index (κ3) is 4.14. The van der Waals surface area contributed by atoms with Crippen LogP contribution < -0.4 is 5.73 Å².